The Balaban J connectivity index is 2.18. The standard InChI is InChI=1S/C14H14N2O4/c1-2-5-15-12(17)8-16-11-4-3-9(14(19)20)6-10(11)7-13(16)18/h2-4,6H,1,5,7-8H2,(H,15,17)(H,19,20). The minimum absolute atomic E-state index is 0.0773. The molecule has 104 valence electrons. The van der Waals surface area contributed by atoms with Crippen LogP contribution in [-0.2, 0) is 16.0 Å². The molecule has 0 spiro atoms. The monoisotopic (exact) mass is 274 g/mol. The Morgan fingerprint density at radius 2 is 2.20 bits per heavy atom. The average Bonchev–Trinajstić information content (AvgIpc) is 2.72. The van der Waals surface area contributed by atoms with E-state index in [1.54, 1.807) is 12.1 Å². The molecule has 0 aromatic heterocycles. The van der Waals surface area contributed by atoms with Crippen molar-refractivity contribution < 1.29 is 19.5 Å². The summed E-state index contributed by atoms with van der Waals surface area (Å²) in [5.74, 6) is -1.54. The second-order valence-corrected chi connectivity index (χ2v) is 4.40. The average molecular weight is 274 g/mol. The molecule has 2 amide bonds. The van der Waals surface area contributed by atoms with E-state index in [1.165, 1.54) is 17.0 Å². The fourth-order valence-corrected chi connectivity index (χ4v) is 2.08. The summed E-state index contributed by atoms with van der Waals surface area (Å²) in [5.41, 5.74) is 1.36. The summed E-state index contributed by atoms with van der Waals surface area (Å²) in [4.78, 5) is 35.8. The van der Waals surface area contributed by atoms with Crippen LogP contribution < -0.4 is 10.2 Å². The molecule has 2 N–H and O–H groups in total. The summed E-state index contributed by atoms with van der Waals surface area (Å²) in [7, 11) is 0. The number of hydrogen-bond acceptors (Lipinski definition) is 3. The second kappa shape index (κ2) is 5.56. The van der Waals surface area contributed by atoms with E-state index in [0.717, 1.165) is 0 Å². The van der Waals surface area contributed by atoms with Gasteiger partial charge in [0.1, 0.15) is 6.54 Å². The zero-order valence-electron chi connectivity index (χ0n) is 10.8. The van der Waals surface area contributed by atoms with Crippen molar-refractivity contribution >= 4 is 23.5 Å². The maximum Gasteiger partial charge on any atom is 0.335 e. The summed E-state index contributed by atoms with van der Waals surface area (Å²) >= 11 is 0. The van der Waals surface area contributed by atoms with Gasteiger partial charge in [-0.05, 0) is 23.8 Å². The van der Waals surface area contributed by atoms with Crippen LogP contribution in [0.4, 0.5) is 5.69 Å². The number of carboxylic acid groups (broad SMARTS) is 1. The Bertz CT molecular complexity index is 595. The van der Waals surface area contributed by atoms with Gasteiger partial charge >= 0.3 is 5.97 Å². The number of nitrogens with zero attached hydrogens (tertiary/aromatic N) is 1. The van der Waals surface area contributed by atoms with Gasteiger partial charge in [0.05, 0.1) is 12.0 Å². The molecule has 6 nitrogen and oxygen atoms in total. The van der Waals surface area contributed by atoms with Crippen LogP contribution in [0.1, 0.15) is 15.9 Å². The van der Waals surface area contributed by atoms with E-state index in [-0.39, 0.29) is 30.3 Å². The summed E-state index contributed by atoms with van der Waals surface area (Å²) in [5, 5.41) is 11.5. The third kappa shape index (κ3) is 2.69. The minimum Gasteiger partial charge on any atom is -0.478 e. The SMILES string of the molecule is C=CCNC(=O)CN1C(=O)Cc2cc(C(=O)O)ccc21. The molecule has 0 saturated heterocycles. The van der Waals surface area contributed by atoms with Crippen molar-refractivity contribution in [3.63, 3.8) is 0 Å². The van der Waals surface area contributed by atoms with E-state index in [1.807, 2.05) is 0 Å². The normalized spacial score (nSPS) is 13.0. The van der Waals surface area contributed by atoms with Gasteiger partial charge in [0.25, 0.3) is 0 Å². The van der Waals surface area contributed by atoms with Crippen LogP contribution in [0, 0.1) is 0 Å². The topological polar surface area (TPSA) is 86.7 Å². The van der Waals surface area contributed by atoms with Gasteiger partial charge in [-0.15, -0.1) is 6.58 Å². The highest BCUT2D eigenvalue weighted by molar-refractivity contribution is 6.05. The number of carboxylic acids is 1. The van der Waals surface area contributed by atoms with Crippen LogP contribution in [0.3, 0.4) is 0 Å². The lowest BCUT2D eigenvalue weighted by atomic mass is 10.1. The van der Waals surface area contributed by atoms with Crippen molar-refractivity contribution in [2.75, 3.05) is 18.0 Å². The highest BCUT2D eigenvalue weighted by Gasteiger charge is 2.29. The van der Waals surface area contributed by atoms with Crippen LogP contribution >= 0.6 is 0 Å². The molecule has 0 fully saturated rings. The van der Waals surface area contributed by atoms with Gasteiger partial charge in [0.2, 0.25) is 11.8 Å². The van der Waals surface area contributed by atoms with Crippen LogP contribution in [0.25, 0.3) is 0 Å². The van der Waals surface area contributed by atoms with Crippen molar-refractivity contribution in [2.45, 2.75) is 6.42 Å². The van der Waals surface area contributed by atoms with Gasteiger partial charge in [-0.25, -0.2) is 4.79 Å². The van der Waals surface area contributed by atoms with E-state index in [2.05, 4.69) is 11.9 Å². The van der Waals surface area contributed by atoms with Gasteiger partial charge in [0.15, 0.2) is 0 Å². The third-order valence-electron chi connectivity index (χ3n) is 3.01. The molecular weight excluding hydrogens is 260 g/mol. The van der Waals surface area contributed by atoms with E-state index < -0.39 is 5.97 Å². The highest BCUT2D eigenvalue weighted by atomic mass is 16.4. The highest BCUT2D eigenvalue weighted by Crippen LogP contribution is 2.29. The molecule has 1 aromatic carbocycles. The number of carbonyl (C=O) groups is 3. The lowest BCUT2D eigenvalue weighted by Gasteiger charge is -2.16. The first kappa shape index (κ1) is 13.8. The maximum absolute atomic E-state index is 11.9. The maximum atomic E-state index is 11.9. The number of anilines is 1. The molecular formula is C14H14N2O4. The van der Waals surface area contributed by atoms with Crippen LogP contribution in [0.15, 0.2) is 30.9 Å². The Morgan fingerprint density at radius 3 is 2.85 bits per heavy atom. The Labute approximate surface area is 115 Å². The lowest BCUT2D eigenvalue weighted by Crippen LogP contribution is -2.38. The van der Waals surface area contributed by atoms with Gasteiger partial charge in [-0.1, -0.05) is 6.08 Å². The molecule has 1 aliphatic heterocycles. The van der Waals surface area contributed by atoms with Gasteiger partial charge in [0, 0.05) is 12.2 Å². The van der Waals surface area contributed by atoms with Crippen LogP contribution in [0.5, 0.6) is 0 Å². The first-order valence-electron chi connectivity index (χ1n) is 6.07. The van der Waals surface area contributed by atoms with Crippen molar-refractivity contribution in [3.8, 4) is 0 Å². The molecule has 0 aliphatic carbocycles. The second-order valence-electron chi connectivity index (χ2n) is 4.40. The lowest BCUT2D eigenvalue weighted by molar-refractivity contribution is -0.123. The summed E-state index contributed by atoms with van der Waals surface area (Å²) in [6.45, 7) is 3.75. The van der Waals surface area contributed by atoms with Crippen LogP contribution in [0.2, 0.25) is 0 Å². The Hall–Kier alpha value is -2.63. The molecule has 0 radical (unpaired) electrons. The van der Waals surface area contributed by atoms with Gasteiger partial charge < -0.3 is 15.3 Å². The Morgan fingerprint density at radius 1 is 1.45 bits per heavy atom. The zero-order chi connectivity index (χ0) is 14.7. The first-order chi connectivity index (χ1) is 9.52. The molecule has 2 rings (SSSR count). The largest absolute Gasteiger partial charge is 0.478 e. The van der Waals surface area contributed by atoms with Crippen molar-refractivity contribution in [1.82, 2.24) is 5.32 Å². The fraction of sp³-hybridized carbons (Fsp3) is 0.214. The molecule has 1 aromatic rings. The molecule has 0 saturated carbocycles. The summed E-state index contributed by atoms with van der Waals surface area (Å²) in [6.07, 6.45) is 1.67. The first-order valence-corrected chi connectivity index (χ1v) is 6.07. The number of rotatable bonds is 5. The van der Waals surface area contributed by atoms with Gasteiger partial charge in [-0.3, -0.25) is 9.59 Å². The molecule has 0 unspecified atom stereocenters. The van der Waals surface area contributed by atoms with Crippen LogP contribution in [-0.4, -0.2) is 36.0 Å². The van der Waals surface area contributed by atoms with E-state index in [9.17, 15) is 14.4 Å². The van der Waals surface area contributed by atoms with E-state index in [0.29, 0.717) is 17.8 Å². The number of aromatic carboxylic acids is 1. The predicted octanol–water partition coefficient (Wildman–Crippen LogP) is 0.576. The van der Waals surface area contributed by atoms with Crippen molar-refractivity contribution in [3.05, 3.63) is 42.0 Å². The van der Waals surface area contributed by atoms with Gasteiger partial charge in [-0.2, -0.15) is 0 Å². The molecule has 0 atom stereocenters. The molecule has 6 heteroatoms. The van der Waals surface area contributed by atoms with E-state index >= 15 is 0 Å². The number of benzene rings is 1. The third-order valence-corrected chi connectivity index (χ3v) is 3.01. The summed E-state index contributed by atoms with van der Waals surface area (Å²) < 4.78 is 0. The smallest absolute Gasteiger partial charge is 0.335 e. The number of fused-ring (bicyclic) bond motifs is 1. The van der Waals surface area contributed by atoms with Crippen molar-refractivity contribution in [1.29, 1.82) is 0 Å². The molecule has 0 bridgehead atoms. The van der Waals surface area contributed by atoms with E-state index in [4.69, 9.17) is 5.11 Å². The predicted molar refractivity (Wildman–Crippen MR) is 72.7 cm³/mol. The molecule has 1 heterocycles. The Kier molecular flexibility index (Phi) is 3.84. The number of carbonyl (C=O) groups excluding carboxylic acids is 2. The number of nitrogens with one attached hydrogen (secondary N) is 1. The zero-order valence-corrected chi connectivity index (χ0v) is 10.8. The molecule has 1 aliphatic rings. The number of amides is 2. The quantitative estimate of drug-likeness (QED) is 0.769. The molecule has 20 heavy (non-hydrogen) atoms. The fourth-order valence-electron chi connectivity index (χ4n) is 2.08. The summed E-state index contributed by atoms with van der Waals surface area (Å²) in [6, 6.07) is 4.45. The van der Waals surface area contributed by atoms with Crippen molar-refractivity contribution in [2.24, 2.45) is 0 Å². The number of hydrogen-bond donors (Lipinski definition) is 2. The minimum atomic E-state index is -1.04.